The number of anilines is 1. The Bertz CT molecular complexity index is 1120. The number of aryl methyl sites for hydroxylation is 2. The second-order valence-electron chi connectivity index (χ2n) is 8.85. The molecule has 1 aliphatic carbocycles. The van der Waals surface area contributed by atoms with Crippen molar-refractivity contribution in [3.8, 4) is 5.75 Å². The Balaban J connectivity index is 1.31. The van der Waals surface area contributed by atoms with E-state index in [0.29, 0.717) is 23.4 Å². The number of imide groups is 1. The highest BCUT2D eigenvalue weighted by atomic mass is 16.5. The summed E-state index contributed by atoms with van der Waals surface area (Å²) in [6, 6.07) is 15.2. The molecule has 0 unspecified atom stereocenters. The first-order chi connectivity index (χ1) is 15.7. The third kappa shape index (κ3) is 3.58. The number of nitrogens with zero attached hydrogens (tertiary/aromatic N) is 1. The topological polar surface area (TPSA) is 46.6 Å². The van der Waals surface area contributed by atoms with Gasteiger partial charge in [-0.1, -0.05) is 51.2 Å². The van der Waals surface area contributed by atoms with Crippen molar-refractivity contribution in [1.82, 2.24) is 0 Å². The van der Waals surface area contributed by atoms with Crippen molar-refractivity contribution in [2.75, 3.05) is 11.5 Å². The average molecular weight is 428 g/mol. The van der Waals surface area contributed by atoms with Crippen LogP contribution in [0.2, 0.25) is 0 Å². The van der Waals surface area contributed by atoms with E-state index in [1.807, 2.05) is 36.4 Å². The number of ether oxygens (including phenoxy) is 1. The van der Waals surface area contributed by atoms with Gasteiger partial charge in [-0.15, -0.1) is 0 Å². The van der Waals surface area contributed by atoms with E-state index in [-0.39, 0.29) is 11.8 Å². The zero-order valence-electron chi connectivity index (χ0n) is 18.7. The Morgan fingerprint density at radius 2 is 1.31 bits per heavy atom. The van der Waals surface area contributed by atoms with Gasteiger partial charge in [-0.2, -0.15) is 0 Å². The lowest BCUT2D eigenvalue weighted by atomic mass is 9.91. The highest BCUT2D eigenvalue weighted by Gasteiger charge is 2.35. The van der Waals surface area contributed by atoms with Crippen LogP contribution in [0.15, 0.2) is 48.5 Å². The fourth-order valence-electron chi connectivity index (χ4n) is 5.02. The normalized spacial score (nSPS) is 14.5. The number of carbonyl (C=O) groups is 2. The summed E-state index contributed by atoms with van der Waals surface area (Å²) < 4.78 is 5.86. The SMILES string of the molecule is CCCCCCCCOc1ccc(N2C(=O)c3ccc4c5c(ccc(c35)C2=O)CC4)cc1. The first-order valence-corrected chi connectivity index (χ1v) is 11.9. The van der Waals surface area contributed by atoms with E-state index < -0.39 is 0 Å². The Morgan fingerprint density at radius 3 is 1.94 bits per heavy atom. The molecule has 0 radical (unpaired) electrons. The van der Waals surface area contributed by atoms with Crippen molar-refractivity contribution in [2.45, 2.75) is 58.3 Å². The van der Waals surface area contributed by atoms with Crippen molar-refractivity contribution in [1.29, 1.82) is 0 Å². The molecule has 0 atom stereocenters. The van der Waals surface area contributed by atoms with Crippen LogP contribution in [0, 0.1) is 0 Å². The van der Waals surface area contributed by atoms with Crippen molar-refractivity contribution >= 4 is 28.3 Å². The molecular formula is C28H29NO3. The first-order valence-electron chi connectivity index (χ1n) is 11.9. The molecule has 0 aromatic heterocycles. The van der Waals surface area contributed by atoms with Crippen LogP contribution in [0.3, 0.4) is 0 Å². The summed E-state index contributed by atoms with van der Waals surface area (Å²) in [4.78, 5) is 28.0. The third-order valence-corrected chi connectivity index (χ3v) is 6.73. The Kier molecular flexibility index (Phi) is 5.69. The largest absolute Gasteiger partial charge is 0.494 e. The lowest BCUT2D eigenvalue weighted by molar-refractivity contribution is 0.0893. The van der Waals surface area contributed by atoms with Gasteiger partial charge in [0.1, 0.15) is 5.75 Å². The molecule has 0 N–H and O–H groups in total. The number of hydrogen-bond donors (Lipinski definition) is 0. The fraction of sp³-hybridized carbons (Fsp3) is 0.357. The van der Waals surface area contributed by atoms with Gasteiger partial charge in [-0.05, 0) is 72.2 Å². The number of rotatable bonds is 9. The van der Waals surface area contributed by atoms with Gasteiger partial charge in [-0.25, -0.2) is 4.90 Å². The predicted molar refractivity (Wildman–Crippen MR) is 128 cm³/mol. The number of amides is 2. The van der Waals surface area contributed by atoms with Crippen LogP contribution in [0.1, 0.15) is 77.3 Å². The van der Waals surface area contributed by atoms with E-state index in [0.717, 1.165) is 35.8 Å². The van der Waals surface area contributed by atoms with Crippen molar-refractivity contribution in [2.24, 2.45) is 0 Å². The molecule has 0 saturated heterocycles. The number of carbonyl (C=O) groups excluding carboxylic acids is 2. The van der Waals surface area contributed by atoms with Crippen LogP contribution < -0.4 is 9.64 Å². The van der Waals surface area contributed by atoms with Gasteiger partial charge in [0.25, 0.3) is 11.8 Å². The molecule has 3 aromatic rings. The fourth-order valence-corrected chi connectivity index (χ4v) is 5.02. The van der Waals surface area contributed by atoms with Crippen molar-refractivity contribution in [3.05, 3.63) is 70.8 Å². The molecule has 3 aromatic carbocycles. The van der Waals surface area contributed by atoms with E-state index in [9.17, 15) is 9.59 Å². The molecule has 1 heterocycles. The summed E-state index contributed by atoms with van der Waals surface area (Å²) in [5.74, 6) is 0.264. The highest BCUT2D eigenvalue weighted by Crippen LogP contribution is 2.39. The molecule has 0 fully saturated rings. The molecule has 32 heavy (non-hydrogen) atoms. The van der Waals surface area contributed by atoms with E-state index in [1.54, 1.807) is 12.1 Å². The van der Waals surface area contributed by atoms with Crippen molar-refractivity contribution in [3.63, 3.8) is 0 Å². The molecular weight excluding hydrogens is 398 g/mol. The minimum Gasteiger partial charge on any atom is -0.494 e. The van der Waals surface area contributed by atoms with Gasteiger partial charge in [0.15, 0.2) is 0 Å². The zero-order chi connectivity index (χ0) is 22.1. The first kappa shape index (κ1) is 20.7. The predicted octanol–water partition coefficient (Wildman–Crippen LogP) is 6.48. The quantitative estimate of drug-likeness (QED) is 0.290. The second-order valence-corrected chi connectivity index (χ2v) is 8.85. The number of hydrogen-bond acceptors (Lipinski definition) is 3. The summed E-state index contributed by atoms with van der Waals surface area (Å²) in [6.07, 6.45) is 9.28. The summed E-state index contributed by atoms with van der Waals surface area (Å²) in [6.45, 7) is 2.91. The van der Waals surface area contributed by atoms with E-state index in [4.69, 9.17) is 4.74 Å². The summed E-state index contributed by atoms with van der Waals surface area (Å²) >= 11 is 0. The minimum absolute atomic E-state index is 0.251. The average Bonchev–Trinajstić information content (AvgIpc) is 3.24. The molecule has 2 aliphatic rings. The molecule has 2 amide bonds. The highest BCUT2D eigenvalue weighted by molar-refractivity contribution is 6.36. The maximum absolute atomic E-state index is 13.3. The van der Waals surface area contributed by atoms with Crippen LogP contribution in [0.4, 0.5) is 5.69 Å². The van der Waals surface area contributed by atoms with Gasteiger partial charge in [0, 0.05) is 16.5 Å². The Labute approximate surface area is 189 Å². The summed E-state index contributed by atoms with van der Waals surface area (Å²) in [7, 11) is 0. The molecule has 0 saturated carbocycles. The van der Waals surface area contributed by atoms with E-state index in [1.165, 1.54) is 48.1 Å². The van der Waals surface area contributed by atoms with Gasteiger partial charge in [0.2, 0.25) is 0 Å². The van der Waals surface area contributed by atoms with Gasteiger partial charge >= 0.3 is 0 Å². The molecule has 1 aliphatic heterocycles. The number of benzene rings is 3. The molecule has 4 nitrogen and oxygen atoms in total. The van der Waals surface area contributed by atoms with E-state index in [2.05, 4.69) is 6.92 Å². The van der Waals surface area contributed by atoms with Crippen molar-refractivity contribution < 1.29 is 14.3 Å². The Hall–Kier alpha value is -3.14. The summed E-state index contributed by atoms with van der Waals surface area (Å²) in [5, 5.41) is 1.95. The maximum atomic E-state index is 13.3. The molecule has 164 valence electrons. The Morgan fingerprint density at radius 1 is 0.719 bits per heavy atom. The molecule has 5 rings (SSSR count). The maximum Gasteiger partial charge on any atom is 0.265 e. The van der Waals surface area contributed by atoms with Gasteiger partial charge in [-0.3, -0.25) is 9.59 Å². The lowest BCUT2D eigenvalue weighted by Gasteiger charge is -2.27. The number of unbranched alkanes of at least 4 members (excludes halogenated alkanes) is 5. The van der Waals surface area contributed by atoms with Crippen LogP contribution in [0.5, 0.6) is 5.75 Å². The van der Waals surface area contributed by atoms with Crippen LogP contribution in [-0.4, -0.2) is 18.4 Å². The second kappa shape index (κ2) is 8.78. The monoisotopic (exact) mass is 427 g/mol. The standard InChI is InChI=1S/C28H29NO3/c1-2-3-4-5-6-7-18-32-22-14-12-21(13-15-22)29-27(30)23-16-10-19-8-9-20-11-17-24(28(29)31)26(23)25(19)20/h10-17H,2-9,18H2,1H3. The molecule has 4 heteroatoms. The zero-order valence-corrected chi connectivity index (χ0v) is 18.7. The van der Waals surface area contributed by atoms with Crippen LogP contribution >= 0.6 is 0 Å². The lowest BCUT2D eigenvalue weighted by Crippen LogP contribution is -2.40. The molecule has 0 spiro atoms. The van der Waals surface area contributed by atoms with Gasteiger partial charge < -0.3 is 4.74 Å². The van der Waals surface area contributed by atoms with Crippen LogP contribution in [0.25, 0.3) is 10.8 Å². The minimum atomic E-state index is -0.251. The van der Waals surface area contributed by atoms with Crippen LogP contribution in [-0.2, 0) is 12.8 Å². The smallest absolute Gasteiger partial charge is 0.265 e. The molecule has 0 bridgehead atoms. The summed E-state index contributed by atoms with van der Waals surface area (Å²) in [5.41, 5.74) is 4.28. The van der Waals surface area contributed by atoms with E-state index >= 15 is 0 Å². The third-order valence-electron chi connectivity index (χ3n) is 6.73. The van der Waals surface area contributed by atoms with Gasteiger partial charge in [0.05, 0.1) is 12.3 Å².